The van der Waals surface area contributed by atoms with E-state index in [-0.39, 0.29) is 11.6 Å². The summed E-state index contributed by atoms with van der Waals surface area (Å²) in [7, 11) is 1.62. The number of nitrogens with zero attached hydrogens (tertiary/aromatic N) is 1. The van der Waals surface area contributed by atoms with Crippen LogP contribution in [0.1, 0.15) is 26.3 Å². The van der Waals surface area contributed by atoms with E-state index in [1.165, 1.54) is 11.8 Å². The minimum atomic E-state index is -0.119. The molecule has 1 heterocycles. The number of hydrogen-bond acceptors (Lipinski definition) is 5. The molecule has 0 amide bonds. The van der Waals surface area contributed by atoms with Gasteiger partial charge in [-0.2, -0.15) is 0 Å². The molecule has 5 heteroatoms. The van der Waals surface area contributed by atoms with Crippen LogP contribution in [0, 0.1) is 0 Å². The first-order valence-electron chi connectivity index (χ1n) is 9.27. The maximum atomic E-state index is 13.5. The number of ether oxygens (including phenoxy) is 1. The maximum absolute atomic E-state index is 13.5. The molecule has 3 aromatic carbocycles. The highest BCUT2D eigenvalue weighted by Gasteiger charge is 2.38. The summed E-state index contributed by atoms with van der Waals surface area (Å²) in [6.45, 7) is 0.496. The molecule has 4 nitrogen and oxygen atoms in total. The highest BCUT2D eigenvalue weighted by Crippen LogP contribution is 2.44. The van der Waals surface area contributed by atoms with Crippen molar-refractivity contribution in [3.63, 3.8) is 0 Å². The summed E-state index contributed by atoms with van der Waals surface area (Å²) in [5, 5.41) is 0. The number of allylic oxidation sites excluding steroid dienone is 2. The van der Waals surface area contributed by atoms with Crippen LogP contribution in [0.5, 0.6) is 5.75 Å². The summed E-state index contributed by atoms with van der Waals surface area (Å²) in [6.07, 6.45) is 0. The Balaban J connectivity index is 1.75. The number of fused-ring (bicyclic) bond motifs is 2. The number of carbonyl (C=O) groups is 2. The number of hydrogen-bond donors (Lipinski definition) is 0. The Kier molecular flexibility index (Phi) is 4.25. The largest absolute Gasteiger partial charge is 0.497 e. The zero-order valence-electron chi connectivity index (χ0n) is 15.7. The fourth-order valence-electron chi connectivity index (χ4n) is 3.75. The van der Waals surface area contributed by atoms with Crippen LogP contribution in [-0.2, 0) is 6.54 Å². The topological polar surface area (TPSA) is 46.6 Å². The van der Waals surface area contributed by atoms with Gasteiger partial charge in [0.1, 0.15) is 11.4 Å². The zero-order chi connectivity index (χ0) is 20.0. The second kappa shape index (κ2) is 6.94. The summed E-state index contributed by atoms with van der Waals surface area (Å²) in [5.74, 6) is 0.490. The van der Waals surface area contributed by atoms with Gasteiger partial charge in [0, 0.05) is 28.3 Å². The van der Waals surface area contributed by atoms with Crippen LogP contribution in [0.25, 0.3) is 0 Å². The molecule has 0 bridgehead atoms. The Morgan fingerprint density at radius 1 is 0.862 bits per heavy atom. The maximum Gasteiger partial charge on any atom is 0.211 e. The summed E-state index contributed by atoms with van der Waals surface area (Å²) in [6, 6.07) is 22.6. The Hall–Kier alpha value is -3.31. The molecule has 0 fully saturated rings. The van der Waals surface area contributed by atoms with Crippen molar-refractivity contribution in [3.8, 4) is 5.75 Å². The first kappa shape index (κ1) is 17.8. The molecule has 0 aromatic heterocycles. The van der Waals surface area contributed by atoms with Crippen LogP contribution in [0.3, 0.4) is 0 Å². The lowest BCUT2D eigenvalue weighted by Gasteiger charge is -2.29. The van der Waals surface area contributed by atoms with Gasteiger partial charge in [-0.05, 0) is 29.8 Å². The number of anilines is 1. The second-order valence-corrected chi connectivity index (χ2v) is 7.93. The number of benzene rings is 3. The number of para-hydroxylation sites is 1. The van der Waals surface area contributed by atoms with E-state index in [2.05, 4.69) is 0 Å². The van der Waals surface area contributed by atoms with E-state index in [0.717, 1.165) is 21.9 Å². The fraction of sp³-hybridized carbons (Fsp3) is 0.0833. The number of thioether (sulfide) groups is 1. The van der Waals surface area contributed by atoms with E-state index in [4.69, 9.17) is 4.74 Å². The molecule has 1 aliphatic heterocycles. The average Bonchev–Trinajstić information content (AvgIpc) is 2.95. The quantitative estimate of drug-likeness (QED) is 0.600. The van der Waals surface area contributed by atoms with Crippen LogP contribution >= 0.6 is 11.8 Å². The first-order valence-corrected chi connectivity index (χ1v) is 10.1. The standard InChI is InChI=1S/C24H17NO3S/c1-28-17-12-11-15-14-25(16-7-3-2-4-8-16)21-22(26)18-9-5-6-10-19(18)23(27)24(21)29-20(15)13-17/h2-13H,14H2,1H3. The highest BCUT2D eigenvalue weighted by molar-refractivity contribution is 8.04. The average molecular weight is 399 g/mol. The van der Waals surface area contributed by atoms with E-state index in [1.54, 1.807) is 31.4 Å². The molecule has 142 valence electrons. The molecular weight excluding hydrogens is 382 g/mol. The van der Waals surface area contributed by atoms with E-state index >= 15 is 0 Å². The van der Waals surface area contributed by atoms with Gasteiger partial charge in [0.2, 0.25) is 11.6 Å². The molecule has 0 atom stereocenters. The number of methoxy groups -OCH3 is 1. The number of ketones is 2. The van der Waals surface area contributed by atoms with Crippen LogP contribution in [0.4, 0.5) is 5.69 Å². The van der Waals surface area contributed by atoms with Crippen molar-refractivity contribution in [1.29, 1.82) is 0 Å². The molecule has 5 rings (SSSR count). The molecule has 2 aliphatic rings. The molecule has 0 radical (unpaired) electrons. The molecule has 0 unspecified atom stereocenters. The molecule has 29 heavy (non-hydrogen) atoms. The smallest absolute Gasteiger partial charge is 0.211 e. The molecule has 1 aliphatic carbocycles. The monoisotopic (exact) mass is 399 g/mol. The van der Waals surface area contributed by atoms with Crippen LogP contribution < -0.4 is 9.64 Å². The van der Waals surface area contributed by atoms with Gasteiger partial charge in [-0.1, -0.05) is 60.3 Å². The predicted molar refractivity (Wildman–Crippen MR) is 114 cm³/mol. The van der Waals surface area contributed by atoms with Gasteiger partial charge < -0.3 is 9.64 Å². The van der Waals surface area contributed by atoms with Crippen molar-refractivity contribution in [2.24, 2.45) is 0 Å². The van der Waals surface area contributed by atoms with Gasteiger partial charge in [0.25, 0.3) is 0 Å². The van der Waals surface area contributed by atoms with E-state index in [0.29, 0.717) is 28.3 Å². The zero-order valence-corrected chi connectivity index (χ0v) is 16.5. The van der Waals surface area contributed by atoms with Crippen LogP contribution in [0.15, 0.2) is 88.3 Å². The molecule has 3 aromatic rings. The van der Waals surface area contributed by atoms with Crippen molar-refractivity contribution in [2.75, 3.05) is 12.0 Å². The molecule has 0 spiro atoms. The normalized spacial score (nSPS) is 15.4. The highest BCUT2D eigenvalue weighted by atomic mass is 32.2. The Bertz CT molecular complexity index is 1180. The van der Waals surface area contributed by atoms with Gasteiger partial charge in [0.15, 0.2) is 0 Å². The predicted octanol–water partition coefficient (Wildman–Crippen LogP) is 5.10. The summed E-state index contributed by atoms with van der Waals surface area (Å²) >= 11 is 1.35. The lowest BCUT2D eigenvalue weighted by Crippen LogP contribution is -2.32. The third-order valence-corrected chi connectivity index (χ3v) is 6.39. The molecule has 0 N–H and O–H groups in total. The summed E-state index contributed by atoms with van der Waals surface area (Å²) < 4.78 is 5.38. The minimum Gasteiger partial charge on any atom is -0.497 e. The summed E-state index contributed by atoms with van der Waals surface area (Å²) in [5.41, 5.74) is 3.29. The SMILES string of the molecule is COc1ccc2c(c1)SC1=C(C(=O)c3ccccc3C1=O)N(c1ccccc1)C2. The van der Waals surface area contributed by atoms with Gasteiger partial charge in [-0.25, -0.2) is 0 Å². The minimum absolute atomic E-state index is 0.114. The van der Waals surface area contributed by atoms with E-state index in [1.807, 2.05) is 53.4 Å². The number of carbonyl (C=O) groups excluding carboxylic acids is 2. The Labute approximate surface area is 172 Å². The van der Waals surface area contributed by atoms with Gasteiger partial charge in [0.05, 0.1) is 12.0 Å². The molecular formula is C24H17NO3S. The van der Waals surface area contributed by atoms with Crippen molar-refractivity contribution in [1.82, 2.24) is 0 Å². The Morgan fingerprint density at radius 2 is 1.55 bits per heavy atom. The second-order valence-electron chi connectivity index (χ2n) is 6.88. The van der Waals surface area contributed by atoms with Gasteiger partial charge in [-0.3, -0.25) is 9.59 Å². The van der Waals surface area contributed by atoms with Gasteiger partial charge >= 0.3 is 0 Å². The van der Waals surface area contributed by atoms with Crippen molar-refractivity contribution >= 4 is 29.0 Å². The lowest BCUT2D eigenvalue weighted by molar-refractivity contribution is 0.0979. The van der Waals surface area contributed by atoms with E-state index < -0.39 is 0 Å². The first-order chi connectivity index (χ1) is 14.2. The van der Waals surface area contributed by atoms with Crippen molar-refractivity contribution < 1.29 is 14.3 Å². The summed E-state index contributed by atoms with van der Waals surface area (Å²) in [4.78, 5) is 30.3. The van der Waals surface area contributed by atoms with Crippen LogP contribution in [-0.4, -0.2) is 18.7 Å². The van der Waals surface area contributed by atoms with E-state index in [9.17, 15) is 9.59 Å². The number of rotatable bonds is 2. The third kappa shape index (κ3) is 2.86. The molecule has 0 saturated heterocycles. The Morgan fingerprint density at radius 3 is 2.28 bits per heavy atom. The lowest BCUT2D eigenvalue weighted by atomic mass is 9.91. The van der Waals surface area contributed by atoms with Gasteiger partial charge in [-0.15, -0.1) is 0 Å². The van der Waals surface area contributed by atoms with Crippen LogP contribution in [0.2, 0.25) is 0 Å². The van der Waals surface area contributed by atoms with Crippen molar-refractivity contribution in [3.05, 3.63) is 100 Å². The van der Waals surface area contributed by atoms with Crippen molar-refractivity contribution in [2.45, 2.75) is 11.4 Å². The third-order valence-electron chi connectivity index (χ3n) is 5.21. The molecule has 0 saturated carbocycles. The number of Topliss-reactive ketones (excluding diaryl/α,β-unsaturated/α-hetero) is 2. The fourth-order valence-corrected chi connectivity index (χ4v) is 4.92.